The van der Waals surface area contributed by atoms with Gasteiger partial charge in [-0.15, -0.1) is 0 Å². The molecule has 8 heteroatoms. The number of sulfone groups is 1. The van der Waals surface area contributed by atoms with Crippen molar-refractivity contribution in [1.29, 1.82) is 0 Å². The van der Waals surface area contributed by atoms with Gasteiger partial charge in [0.2, 0.25) is 0 Å². The molecule has 0 saturated carbocycles. The number of carbonyl (C=O) groups excluding carboxylic acids is 2. The van der Waals surface area contributed by atoms with E-state index in [1.807, 2.05) is 0 Å². The first-order valence-corrected chi connectivity index (χ1v) is 10.2. The van der Waals surface area contributed by atoms with Crippen molar-refractivity contribution in [3.63, 3.8) is 0 Å². The molecule has 7 nitrogen and oxygen atoms in total. The maximum Gasteiger partial charge on any atom is 0.289 e. The summed E-state index contributed by atoms with van der Waals surface area (Å²) in [6.07, 6.45) is 3.25. The highest BCUT2D eigenvalue weighted by molar-refractivity contribution is 7.90. The lowest BCUT2D eigenvalue weighted by atomic mass is 10.2. The fraction of sp³-hybridized carbons (Fsp3) is 0.333. The van der Waals surface area contributed by atoms with E-state index in [0.29, 0.717) is 43.9 Å². The third-order valence-corrected chi connectivity index (χ3v) is 5.46. The Bertz CT molecular complexity index is 888. The van der Waals surface area contributed by atoms with Gasteiger partial charge in [0.1, 0.15) is 0 Å². The largest absolute Gasteiger partial charge is 0.459 e. The molecule has 1 fully saturated rings. The number of amides is 2. The molecule has 0 unspecified atom stereocenters. The molecule has 1 aromatic carbocycles. The first-order chi connectivity index (χ1) is 12.4. The van der Waals surface area contributed by atoms with Crippen molar-refractivity contribution in [1.82, 2.24) is 9.80 Å². The summed E-state index contributed by atoms with van der Waals surface area (Å²) in [6, 6.07) is 9.21. The van der Waals surface area contributed by atoms with Crippen molar-refractivity contribution in [2.24, 2.45) is 0 Å². The summed E-state index contributed by atoms with van der Waals surface area (Å²) in [4.78, 5) is 28.6. The second-order valence-corrected chi connectivity index (χ2v) is 8.23. The number of benzene rings is 1. The lowest BCUT2D eigenvalue weighted by molar-refractivity contribution is 0.0700. The second-order valence-electron chi connectivity index (χ2n) is 6.21. The van der Waals surface area contributed by atoms with Gasteiger partial charge in [-0.3, -0.25) is 9.59 Å². The zero-order chi connectivity index (χ0) is 18.7. The molecular weight excluding hydrogens is 356 g/mol. The Morgan fingerprint density at radius 1 is 0.923 bits per heavy atom. The van der Waals surface area contributed by atoms with Crippen LogP contribution in [-0.4, -0.2) is 62.5 Å². The molecule has 2 aromatic rings. The highest BCUT2D eigenvalue weighted by Crippen LogP contribution is 2.15. The molecule has 26 heavy (non-hydrogen) atoms. The van der Waals surface area contributed by atoms with Gasteiger partial charge in [0.25, 0.3) is 11.8 Å². The molecule has 2 amide bonds. The number of hydrogen-bond acceptors (Lipinski definition) is 5. The quantitative estimate of drug-likeness (QED) is 0.813. The topological polar surface area (TPSA) is 87.9 Å². The van der Waals surface area contributed by atoms with E-state index in [4.69, 9.17) is 4.42 Å². The monoisotopic (exact) mass is 376 g/mol. The van der Waals surface area contributed by atoms with Gasteiger partial charge >= 0.3 is 0 Å². The number of carbonyl (C=O) groups is 2. The molecule has 1 saturated heterocycles. The SMILES string of the molecule is CS(=O)(=O)c1ccc(C(=O)N2CCCN(C(=O)c3ccco3)CC2)cc1. The van der Waals surface area contributed by atoms with E-state index in [-0.39, 0.29) is 16.7 Å². The highest BCUT2D eigenvalue weighted by atomic mass is 32.2. The normalized spacial score (nSPS) is 15.6. The summed E-state index contributed by atoms with van der Waals surface area (Å²) in [7, 11) is -3.29. The Morgan fingerprint density at radius 2 is 1.54 bits per heavy atom. The van der Waals surface area contributed by atoms with Crippen LogP contribution >= 0.6 is 0 Å². The minimum atomic E-state index is -3.29. The molecule has 3 rings (SSSR count). The Kier molecular flexibility index (Phi) is 5.13. The summed E-state index contributed by atoms with van der Waals surface area (Å²) in [5.41, 5.74) is 0.434. The summed E-state index contributed by atoms with van der Waals surface area (Å²) < 4.78 is 28.2. The maximum atomic E-state index is 12.7. The molecule has 1 aliphatic heterocycles. The van der Waals surface area contributed by atoms with Gasteiger partial charge in [-0.25, -0.2) is 8.42 Å². The Labute approximate surface area is 152 Å². The van der Waals surface area contributed by atoms with Crippen LogP contribution in [0.4, 0.5) is 0 Å². The lowest BCUT2D eigenvalue weighted by Crippen LogP contribution is -2.37. The Hall–Kier alpha value is -2.61. The van der Waals surface area contributed by atoms with E-state index in [1.165, 1.54) is 30.5 Å². The third-order valence-electron chi connectivity index (χ3n) is 4.33. The van der Waals surface area contributed by atoms with Crippen LogP contribution in [0.15, 0.2) is 52.0 Å². The molecule has 0 aliphatic carbocycles. The molecule has 0 radical (unpaired) electrons. The highest BCUT2D eigenvalue weighted by Gasteiger charge is 2.24. The van der Waals surface area contributed by atoms with Crippen molar-refractivity contribution in [2.45, 2.75) is 11.3 Å². The molecule has 0 bridgehead atoms. The molecule has 0 spiro atoms. The van der Waals surface area contributed by atoms with Crippen LogP contribution in [0.1, 0.15) is 27.3 Å². The zero-order valence-corrected chi connectivity index (χ0v) is 15.2. The molecule has 138 valence electrons. The second kappa shape index (κ2) is 7.33. The average molecular weight is 376 g/mol. The first kappa shape index (κ1) is 18.2. The standard InChI is InChI=1S/C18H20N2O5S/c1-26(23,24)15-7-5-14(6-8-15)17(21)19-9-3-10-20(12-11-19)18(22)16-4-2-13-25-16/h2,4-8,13H,3,9-12H2,1H3. The van der Waals surface area contributed by atoms with E-state index >= 15 is 0 Å². The summed E-state index contributed by atoms with van der Waals surface area (Å²) in [6.45, 7) is 1.93. The number of hydrogen-bond donors (Lipinski definition) is 0. The Balaban J connectivity index is 1.67. The van der Waals surface area contributed by atoms with Crippen LogP contribution in [0.2, 0.25) is 0 Å². The van der Waals surface area contributed by atoms with Gasteiger partial charge < -0.3 is 14.2 Å². The van der Waals surface area contributed by atoms with Crippen LogP contribution in [0.25, 0.3) is 0 Å². The van der Waals surface area contributed by atoms with Crippen molar-refractivity contribution in [3.05, 3.63) is 54.0 Å². The van der Waals surface area contributed by atoms with E-state index in [2.05, 4.69) is 0 Å². The molecular formula is C18H20N2O5S. The van der Waals surface area contributed by atoms with Gasteiger partial charge in [-0.05, 0) is 42.8 Å². The van der Waals surface area contributed by atoms with Crippen molar-refractivity contribution in [3.8, 4) is 0 Å². The smallest absolute Gasteiger partial charge is 0.289 e. The van der Waals surface area contributed by atoms with Crippen LogP contribution in [-0.2, 0) is 9.84 Å². The number of furan rings is 1. The van der Waals surface area contributed by atoms with E-state index < -0.39 is 9.84 Å². The molecule has 0 atom stereocenters. The van der Waals surface area contributed by atoms with Gasteiger partial charge in [0.15, 0.2) is 15.6 Å². The fourth-order valence-electron chi connectivity index (χ4n) is 2.91. The minimum Gasteiger partial charge on any atom is -0.459 e. The van der Waals surface area contributed by atoms with Crippen LogP contribution < -0.4 is 0 Å². The van der Waals surface area contributed by atoms with Gasteiger partial charge in [-0.2, -0.15) is 0 Å². The van der Waals surface area contributed by atoms with E-state index in [0.717, 1.165) is 6.26 Å². The molecule has 2 heterocycles. The van der Waals surface area contributed by atoms with Gasteiger partial charge in [0, 0.05) is 38.0 Å². The lowest BCUT2D eigenvalue weighted by Gasteiger charge is -2.21. The van der Waals surface area contributed by atoms with Gasteiger partial charge in [-0.1, -0.05) is 0 Å². The zero-order valence-electron chi connectivity index (χ0n) is 14.4. The third kappa shape index (κ3) is 3.96. The van der Waals surface area contributed by atoms with Crippen molar-refractivity contribution >= 4 is 21.7 Å². The van der Waals surface area contributed by atoms with Crippen LogP contribution in [0.3, 0.4) is 0 Å². The van der Waals surface area contributed by atoms with Gasteiger partial charge in [0.05, 0.1) is 11.2 Å². The Morgan fingerprint density at radius 3 is 2.08 bits per heavy atom. The number of rotatable bonds is 3. The summed E-state index contributed by atoms with van der Waals surface area (Å²) >= 11 is 0. The van der Waals surface area contributed by atoms with Crippen LogP contribution in [0.5, 0.6) is 0 Å². The predicted molar refractivity (Wildman–Crippen MR) is 94.7 cm³/mol. The summed E-state index contributed by atoms with van der Waals surface area (Å²) in [5.74, 6) is -0.0553. The maximum absolute atomic E-state index is 12.7. The van der Waals surface area contributed by atoms with E-state index in [9.17, 15) is 18.0 Å². The van der Waals surface area contributed by atoms with Crippen LogP contribution in [0, 0.1) is 0 Å². The minimum absolute atomic E-state index is 0.169. The summed E-state index contributed by atoms with van der Waals surface area (Å²) in [5, 5.41) is 0. The average Bonchev–Trinajstić information content (AvgIpc) is 3.04. The number of nitrogens with zero attached hydrogens (tertiary/aromatic N) is 2. The molecule has 1 aromatic heterocycles. The molecule has 1 aliphatic rings. The predicted octanol–water partition coefficient (Wildman–Crippen LogP) is 1.67. The fourth-order valence-corrected chi connectivity index (χ4v) is 3.54. The van der Waals surface area contributed by atoms with Crippen molar-refractivity contribution in [2.75, 3.05) is 32.4 Å². The van der Waals surface area contributed by atoms with Crippen molar-refractivity contribution < 1.29 is 22.4 Å². The first-order valence-electron chi connectivity index (χ1n) is 8.28. The molecule has 0 N–H and O–H groups in total. The van der Waals surface area contributed by atoms with E-state index in [1.54, 1.807) is 21.9 Å².